The van der Waals surface area contributed by atoms with Gasteiger partial charge in [-0.15, -0.1) is 11.8 Å². The van der Waals surface area contributed by atoms with Crippen LogP contribution in [0.15, 0.2) is 41.3 Å². The highest BCUT2D eigenvalue weighted by molar-refractivity contribution is 7.98. The Morgan fingerprint density at radius 2 is 1.75 bits per heavy atom. The lowest BCUT2D eigenvalue weighted by molar-refractivity contribution is -0.118. The zero-order valence-electron chi connectivity index (χ0n) is 16.4. The highest BCUT2D eigenvalue weighted by atomic mass is 32.2. The molecule has 8 heteroatoms. The van der Waals surface area contributed by atoms with Gasteiger partial charge >= 0.3 is 0 Å². The Morgan fingerprint density at radius 3 is 2.39 bits per heavy atom. The molecule has 0 atom stereocenters. The minimum atomic E-state index is -0.248. The molecule has 0 spiro atoms. The van der Waals surface area contributed by atoms with E-state index in [1.807, 2.05) is 36.6 Å². The molecule has 28 heavy (non-hydrogen) atoms. The van der Waals surface area contributed by atoms with Gasteiger partial charge in [0.25, 0.3) is 5.91 Å². The second-order valence-electron chi connectivity index (χ2n) is 5.98. The largest absolute Gasteiger partial charge is 0.383 e. The molecule has 1 aromatic heterocycles. The van der Waals surface area contributed by atoms with E-state index in [1.54, 1.807) is 24.9 Å². The van der Waals surface area contributed by atoms with Gasteiger partial charge in [0.2, 0.25) is 5.91 Å². The maximum Gasteiger partial charge on any atom is 0.255 e. The van der Waals surface area contributed by atoms with Crippen molar-refractivity contribution in [1.29, 1.82) is 0 Å². The van der Waals surface area contributed by atoms with Crippen molar-refractivity contribution >= 4 is 29.4 Å². The summed E-state index contributed by atoms with van der Waals surface area (Å²) in [5.41, 5.74) is 2.20. The van der Waals surface area contributed by atoms with Gasteiger partial charge in [-0.25, -0.2) is 4.98 Å². The highest BCUT2D eigenvalue weighted by Gasteiger charge is 2.14. The standard InChI is InChI=1S/C20H26N4O3S/c1-14(25)21-10-11-23-20(26)17-8-9-18(24-19(17)22-12-13-27-2)15-4-6-16(28-3)7-5-15/h4-9H,10-13H2,1-3H3,(H,21,25)(H,22,24)(H,23,26). The molecule has 0 saturated carbocycles. The van der Waals surface area contributed by atoms with Crippen molar-refractivity contribution < 1.29 is 14.3 Å². The minimum Gasteiger partial charge on any atom is -0.383 e. The summed E-state index contributed by atoms with van der Waals surface area (Å²) in [4.78, 5) is 29.3. The SMILES string of the molecule is COCCNc1nc(-c2ccc(SC)cc2)ccc1C(=O)NCCNC(C)=O. The number of ether oxygens (including phenoxy) is 1. The Balaban J connectivity index is 2.18. The molecular formula is C20H26N4O3S. The predicted octanol–water partition coefficient (Wildman–Crippen LogP) is 2.39. The summed E-state index contributed by atoms with van der Waals surface area (Å²) in [7, 11) is 1.62. The second-order valence-corrected chi connectivity index (χ2v) is 6.86. The molecule has 0 fully saturated rings. The number of anilines is 1. The molecule has 0 aliphatic rings. The van der Waals surface area contributed by atoms with Crippen molar-refractivity contribution in [3.8, 4) is 11.3 Å². The Kier molecular flexibility index (Phi) is 8.77. The van der Waals surface area contributed by atoms with Crippen molar-refractivity contribution in [2.45, 2.75) is 11.8 Å². The van der Waals surface area contributed by atoms with E-state index < -0.39 is 0 Å². The average molecular weight is 403 g/mol. The summed E-state index contributed by atoms with van der Waals surface area (Å²) in [5, 5.41) is 8.60. The summed E-state index contributed by atoms with van der Waals surface area (Å²) in [6.07, 6.45) is 2.03. The third-order valence-electron chi connectivity index (χ3n) is 3.91. The minimum absolute atomic E-state index is 0.130. The highest BCUT2D eigenvalue weighted by Crippen LogP contribution is 2.24. The first kappa shape index (κ1) is 21.7. The number of methoxy groups -OCH3 is 1. The molecule has 3 N–H and O–H groups in total. The molecule has 2 amide bonds. The molecule has 0 saturated heterocycles. The predicted molar refractivity (Wildman–Crippen MR) is 113 cm³/mol. The molecular weight excluding hydrogens is 376 g/mol. The maximum absolute atomic E-state index is 12.5. The van der Waals surface area contributed by atoms with Gasteiger partial charge in [0.1, 0.15) is 5.82 Å². The first-order valence-corrected chi connectivity index (χ1v) is 10.2. The van der Waals surface area contributed by atoms with E-state index in [0.717, 1.165) is 11.3 Å². The van der Waals surface area contributed by atoms with Crippen molar-refractivity contribution in [3.05, 3.63) is 42.0 Å². The van der Waals surface area contributed by atoms with Gasteiger partial charge in [0.15, 0.2) is 0 Å². The van der Waals surface area contributed by atoms with Gasteiger partial charge in [0, 0.05) is 44.1 Å². The first-order chi connectivity index (χ1) is 13.5. The van der Waals surface area contributed by atoms with Gasteiger partial charge in [-0.1, -0.05) is 12.1 Å². The van der Waals surface area contributed by atoms with E-state index in [9.17, 15) is 9.59 Å². The summed E-state index contributed by atoms with van der Waals surface area (Å²) in [6.45, 7) is 3.19. The smallest absolute Gasteiger partial charge is 0.255 e. The van der Waals surface area contributed by atoms with Crippen LogP contribution in [0, 0.1) is 0 Å². The summed E-state index contributed by atoms with van der Waals surface area (Å²) >= 11 is 1.68. The van der Waals surface area contributed by atoms with E-state index in [1.165, 1.54) is 11.8 Å². The van der Waals surface area contributed by atoms with Crippen LogP contribution in [0.2, 0.25) is 0 Å². The molecule has 2 rings (SSSR count). The molecule has 1 aromatic carbocycles. The number of hydrogen-bond donors (Lipinski definition) is 3. The Bertz CT molecular complexity index is 797. The first-order valence-electron chi connectivity index (χ1n) is 8.96. The monoisotopic (exact) mass is 402 g/mol. The molecule has 0 aliphatic heterocycles. The van der Waals surface area contributed by atoms with Gasteiger partial charge in [-0.2, -0.15) is 0 Å². The van der Waals surface area contributed by atoms with Gasteiger partial charge < -0.3 is 20.7 Å². The van der Waals surface area contributed by atoms with Crippen molar-refractivity contribution in [3.63, 3.8) is 0 Å². The number of amides is 2. The zero-order chi connectivity index (χ0) is 20.4. The number of nitrogens with zero attached hydrogens (tertiary/aromatic N) is 1. The average Bonchev–Trinajstić information content (AvgIpc) is 2.71. The summed E-state index contributed by atoms with van der Waals surface area (Å²) in [6, 6.07) is 11.7. The fraction of sp³-hybridized carbons (Fsp3) is 0.350. The number of pyridine rings is 1. The quantitative estimate of drug-likeness (QED) is 0.417. The molecule has 0 radical (unpaired) electrons. The third-order valence-corrected chi connectivity index (χ3v) is 4.65. The number of nitrogens with one attached hydrogen (secondary N) is 3. The van der Waals surface area contributed by atoms with Crippen LogP contribution >= 0.6 is 11.8 Å². The van der Waals surface area contributed by atoms with Crippen molar-refractivity contribution in [1.82, 2.24) is 15.6 Å². The van der Waals surface area contributed by atoms with Crippen LogP contribution < -0.4 is 16.0 Å². The molecule has 7 nitrogen and oxygen atoms in total. The molecule has 1 heterocycles. The molecule has 150 valence electrons. The number of aromatic nitrogens is 1. The second kappa shape index (κ2) is 11.3. The van der Waals surface area contributed by atoms with Crippen LogP contribution in [0.4, 0.5) is 5.82 Å². The van der Waals surface area contributed by atoms with E-state index in [0.29, 0.717) is 37.6 Å². The normalized spacial score (nSPS) is 10.4. The Hall–Kier alpha value is -2.58. The Labute approximate surface area is 169 Å². The van der Waals surface area contributed by atoms with Crippen LogP contribution in [-0.4, -0.2) is 56.4 Å². The summed E-state index contributed by atoms with van der Waals surface area (Å²) < 4.78 is 5.07. The van der Waals surface area contributed by atoms with Crippen LogP contribution in [-0.2, 0) is 9.53 Å². The fourth-order valence-electron chi connectivity index (χ4n) is 2.48. The molecule has 0 aliphatic carbocycles. The zero-order valence-corrected chi connectivity index (χ0v) is 17.2. The number of carbonyl (C=O) groups is 2. The number of carbonyl (C=O) groups excluding carboxylic acids is 2. The van der Waals surface area contributed by atoms with E-state index in [4.69, 9.17) is 4.74 Å². The molecule has 0 bridgehead atoms. The number of rotatable bonds is 10. The van der Waals surface area contributed by atoms with Crippen LogP contribution in [0.1, 0.15) is 17.3 Å². The van der Waals surface area contributed by atoms with E-state index >= 15 is 0 Å². The maximum atomic E-state index is 12.5. The number of hydrogen-bond acceptors (Lipinski definition) is 6. The van der Waals surface area contributed by atoms with Gasteiger partial charge in [0.05, 0.1) is 17.9 Å². The Morgan fingerprint density at radius 1 is 1.04 bits per heavy atom. The van der Waals surface area contributed by atoms with Crippen LogP contribution in [0.3, 0.4) is 0 Å². The molecule has 0 unspecified atom stereocenters. The van der Waals surface area contributed by atoms with Gasteiger partial charge in [-0.05, 0) is 30.5 Å². The lowest BCUT2D eigenvalue weighted by Gasteiger charge is -2.13. The van der Waals surface area contributed by atoms with Crippen LogP contribution in [0.25, 0.3) is 11.3 Å². The van der Waals surface area contributed by atoms with Crippen molar-refractivity contribution in [2.24, 2.45) is 0 Å². The topological polar surface area (TPSA) is 92.3 Å². The van der Waals surface area contributed by atoms with E-state index in [2.05, 4.69) is 20.9 Å². The molecule has 2 aromatic rings. The third kappa shape index (κ3) is 6.54. The lowest BCUT2D eigenvalue weighted by atomic mass is 10.1. The van der Waals surface area contributed by atoms with Crippen LogP contribution in [0.5, 0.6) is 0 Å². The van der Waals surface area contributed by atoms with Crippen molar-refractivity contribution in [2.75, 3.05) is 44.9 Å². The summed E-state index contributed by atoms with van der Waals surface area (Å²) in [5.74, 6) is 0.122. The number of benzene rings is 1. The number of thioether (sulfide) groups is 1. The lowest BCUT2D eigenvalue weighted by Crippen LogP contribution is -2.34. The van der Waals surface area contributed by atoms with Gasteiger partial charge in [-0.3, -0.25) is 9.59 Å². The van der Waals surface area contributed by atoms with E-state index in [-0.39, 0.29) is 11.8 Å². The fourth-order valence-corrected chi connectivity index (χ4v) is 2.89.